The minimum Gasteiger partial charge on any atom is -0.462 e. The summed E-state index contributed by atoms with van der Waals surface area (Å²) in [5, 5.41) is 9.81. The Morgan fingerprint density at radius 3 is 1.07 bits per heavy atom. The van der Waals surface area contributed by atoms with Gasteiger partial charge < -0.3 is 24.2 Å². The highest BCUT2D eigenvalue weighted by Gasteiger charge is 2.28. The molecule has 0 heterocycles. The van der Waals surface area contributed by atoms with Crippen molar-refractivity contribution in [2.45, 2.75) is 290 Å². The molecule has 2 N–H and O–H groups in total. The quantitative estimate of drug-likeness (QED) is 0.0197. The fraction of sp³-hybridized carbons (Fsp3) is 0.817. The summed E-state index contributed by atoms with van der Waals surface area (Å²) >= 11 is 0. The van der Waals surface area contributed by atoms with Gasteiger partial charge in [-0.2, -0.15) is 0 Å². The van der Waals surface area contributed by atoms with E-state index in [0.717, 1.165) is 122 Å². The first kappa shape index (κ1) is 69.4. The summed E-state index contributed by atoms with van der Waals surface area (Å²) in [6, 6.07) is 0. The van der Waals surface area contributed by atoms with Crippen LogP contribution in [0.15, 0.2) is 48.6 Å². The molecule has 0 aliphatic rings. The molecule has 0 radical (unpaired) electrons. The van der Waals surface area contributed by atoms with Crippen LogP contribution >= 0.6 is 7.82 Å². The minimum atomic E-state index is -4.75. The van der Waals surface area contributed by atoms with Gasteiger partial charge in [0.25, 0.3) is 0 Å². The number of carbonyl (C=O) groups excluding carboxylic acids is 3. The normalized spacial score (nSPS) is 13.7. The molecule has 0 saturated heterocycles. The Kier molecular flexibility index (Phi) is 52.7. The fourth-order valence-corrected chi connectivity index (χ4v) is 8.92. The largest absolute Gasteiger partial charge is 0.472 e. The number of phosphoric ester groups is 1. The van der Waals surface area contributed by atoms with Crippen molar-refractivity contribution in [3.05, 3.63) is 48.6 Å². The Morgan fingerprint density at radius 1 is 0.389 bits per heavy atom. The summed E-state index contributed by atoms with van der Waals surface area (Å²) < 4.78 is 39.5. The van der Waals surface area contributed by atoms with Crippen molar-refractivity contribution in [2.24, 2.45) is 0 Å². The van der Waals surface area contributed by atoms with Crippen LogP contribution < -0.4 is 0 Å². The van der Waals surface area contributed by atoms with Gasteiger partial charge in [0.05, 0.1) is 19.8 Å². The highest BCUT2D eigenvalue weighted by Crippen LogP contribution is 2.43. The van der Waals surface area contributed by atoms with Gasteiger partial charge in [-0.1, -0.05) is 204 Å². The second-order valence-corrected chi connectivity index (χ2v) is 21.3. The highest BCUT2D eigenvalue weighted by atomic mass is 31.2. The van der Waals surface area contributed by atoms with Crippen LogP contribution in [0.2, 0.25) is 0 Å². The zero-order valence-electron chi connectivity index (χ0n) is 46.4. The van der Waals surface area contributed by atoms with E-state index >= 15 is 0 Å². The van der Waals surface area contributed by atoms with Crippen LogP contribution in [0.3, 0.4) is 0 Å². The molecule has 0 aromatic carbocycles. The lowest BCUT2D eigenvalue weighted by Gasteiger charge is -2.21. The Bertz CT molecular complexity index is 1400. The van der Waals surface area contributed by atoms with Crippen molar-refractivity contribution in [3.63, 3.8) is 0 Å². The molecular weight excluding hydrogens is 928 g/mol. The number of ether oxygens (including phenoxy) is 3. The molecule has 420 valence electrons. The second kappa shape index (κ2) is 54.7. The Hall–Kier alpha value is -2.56. The van der Waals surface area contributed by atoms with Crippen molar-refractivity contribution in [1.82, 2.24) is 0 Å². The van der Waals surface area contributed by atoms with Gasteiger partial charge in [-0.25, -0.2) is 4.57 Å². The first-order valence-electron chi connectivity index (χ1n) is 29.5. The van der Waals surface area contributed by atoms with Crippen LogP contribution in [0.4, 0.5) is 0 Å². The molecule has 3 atom stereocenters. The molecule has 12 heteroatoms. The van der Waals surface area contributed by atoms with Gasteiger partial charge in [0, 0.05) is 19.3 Å². The molecule has 0 amide bonds. The smallest absolute Gasteiger partial charge is 0.462 e. The van der Waals surface area contributed by atoms with E-state index in [-0.39, 0.29) is 25.9 Å². The van der Waals surface area contributed by atoms with Crippen LogP contribution in [0.1, 0.15) is 278 Å². The van der Waals surface area contributed by atoms with E-state index in [2.05, 4.69) is 69.4 Å². The van der Waals surface area contributed by atoms with Gasteiger partial charge in [-0.15, -0.1) is 0 Å². The third kappa shape index (κ3) is 52.3. The maximum atomic E-state index is 12.9. The van der Waals surface area contributed by atoms with Gasteiger partial charge in [0.2, 0.25) is 0 Å². The van der Waals surface area contributed by atoms with E-state index < -0.39 is 57.8 Å². The predicted molar refractivity (Wildman–Crippen MR) is 298 cm³/mol. The molecule has 0 aromatic heterocycles. The topological polar surface area (TPSA) is 155 Å². The number of carbonyl (C=O) groups is 3. The molecule has 72 heavy (non-hydrogen) atoms. The lowest BCUT2D eigenvalue weighted by Crippen LogP contribution is -2.30. The molecular formula is C60H109O11P. The number of aliphatic hydroxyl groups is 1. The summed E-state index contributed by atoms with van der Waals surface area (Å²) in [5.74, 6) is -1.49. The number of esters is 3. The molecule has 0 saturated carbocycles. The van der Waals surface area contributed by atoms with E-state index in [4.69, 9.17) is 23.3 Å². The molecule has 0 aromatic rings. The molecule has 0 aliphatic carbocycles. The van der Waals surface area contributed by atoms with E-state index in [1.165, 1.54) is 96.3 Å². The first-order chi connectivity index (χ1) is 35.2. The van der Waals surface area contributed by atoms with Gasteiger partial charge in [0.1, 0.15) is 12.7 Å². The first-order valence-corrected chi connectivity index (χ1v) is 31.0. The van der Waals surface area contributed by atoms with Crippen molar-refractivity contribution >= 4 is 25.7 Å². The molecule has 0 rings (SSSR count). The number of allylic oxidation sites excluding steroid dienone is 8. The molecule has 0 aliphatic heterocycles. The van der Waals surface area contributed by atoms with E-state index in [9.17, 15) is 28.9 Å². The SMILES string of the molecule is CCCCC/C=C\C/C=C\CCCCCCCC(=O)OC(COC(=O)CCCCCCC/C=C\CCCCCCCC)COP(=O)(O)OCC(CO)OC(=O)CCCCCCC/C=C\CCCCCCCC. The summed E-state index contributed by atoms with van der Waals surface area (Å²) in [4.78, 5) is 48.5. The summed E-state index contributed by atoms with van der Waals surface area (Å²) in [7, 11) is -4.75. The van der Waals surface area contributed by atoms with Crippen LogP contribution in [-0.2, 0) is 42.2 Å². The Morgan fingerprint density at radius 2 is 0.681 bits per heavy atom. The highest BCUT2D eigenvalue weighted by molar-refractivity contribution is 7.47. The zero-order chi connectivity index (χ0) is 52.7. The summed E-state index contributed by atoms with van der Waals surface area (Å²) in [6.45, 7) is 4.60. The van der Waals surface area contributed by atoms with Crippen molar-refractivity contribution < 1.29 is 52.2 Å². The lowest BCUT2D eigenvalue weighted by atomic mass is 10.1. The van der Waals surface area contributed by atoms with Gasteiger partial charge in [-0.3, -0.25) is 23.4 Å². The lowest BCUT2D eigenvalue weighted by molar-refractivity contribution is -0.161. The third-order valence-electron chi connectivity index (χ3n) is 12.7. The number of phosphoric acid groups is 1. The molecule has 0 fully saturated rings. The van der Waals surface area contributed by atoms with Crippen LogP contribution in [0, 0.1) is 0 Å². The number of hydrogen-bond donors (Lipinski definition) is 2. The van der Waals surface area contributed by atoms with Crippen LogP contribution in [-0.4, -0.2) is 66.5 Å². The maximum Gasteiger partial charge on any atom is 0.472 e. The maximum absolute atomic E-state index is 12.9. The van der Waals surface area contributed by atoms with Crippen LogP contribution in [0.25, 0.3) is 0 Å². The number of rotatable bonds is 55. The molecule has 0 bridgehead atoms. The molecule has 3 unspecified atom stereocenters. The van der Waals surface area contributed by atoms with Crippen LogP contribution in [0.5, 0.6) is 0 Å². The average Bonchev–Trinajstić information content (AvgIpc) is 3.37. The molecule has 11 nitrogen and oxygen atoms in total. The van der Waals surface area contributed by atoms with E-state index in [1.54, 1.807) is 0 Å². The summed E-state index contributed by atoms with van der Waals surface area (Å²) in [5.41, 5.74) is 0. The second-order valence-electron chi connectivity index (χ2n) is 19.8. The van der Waals surface area contributed by atoms with Gasteiger partial charge in [0.15, 0.2) is 6.10 Å². The van der Waals surface area contributed by atoms with Crippen molar-refractivity contribution in [3.8, 4) is 0 Å². The molecule has 0 spiro atoms. The van der Waals surface area contributed by atoms with Crippen molar-refractivity contribution in [1.29, 1.82) is 0 Å². The minimum absolute atomic E-state index is 0.150. The Balaban J connectivity index is 4.73. The average molecular weight is 1040 g/mol. The van der Waals surface area contributed by atoms with E-state index in [1.807, 2.05) is 0 Å². The zero-order valence-corrected chi connectivity index (χ0v) is 47.3. The standard InChI is InChI=1S/C60H109O11P/c1-4-7-10-13-16-19-22-25-28-31-34-37-40-43-46-49-58(62)67-53-57(71-60(64)51-48-45-42-39-36-33-30-27-24-21-18-15-12-9-6-3)55-69-72(65,66)68-54-56(52-61)70-59(63)50-47-44-41-38-35-32-29-26-23-20-17-14-11-8-5-2/h18,21,25-30,56-57,61H,4-17,19-20,22-24,31-55H2,1-3H3,(H,65,66)/b21-18-,28-25-,29-26-,30-27-. The third-order valence-corrected chi connectivity index (χ3v) is 13.6. The van der Waals surface area contributed by atoms with Crippen molar-refractivity contribution in [2.75, 3.05) is 26.4 Å². The number of hydrogen-bond acceptors (Lipinski definition) is 10. The van der Waals surface area contributed by atoms with Gasteiger partial charge in [-0.05, 0) is 103 Å². The van der Waals surface area contributed by atoms with Gasteiger partial charge >= 0.3 is 25.7 Å². The number of unbranched alkanes of at least 4 members (excludes halogenated alkanes) is 30. The fourth-order valence-electron chi connectivity index (χ4n) is 8.14. The predicted octanol–water partition coefficient (Wildman–Crippen LogP) is 17.4. The van der Waals surface area contributed by atoms with E-state index in [0.29, 0.717) is 19.3 Å². The Labute approximate surface area is 441 Å². The monoisotopic (exact) mass is 1040 g/mol. The number of aliphatic hydroxyl groups excluding tert-OH is 1. The summed E-state index contributed by atoms with van der Waals surface area (Å²) in [6.07, 6.45) is 57.7.